The van der Waals surface area contributed by atoms with E-state index >= 15 is 0 Å². The molecule has 1 aliphatic heterocycles. The number of hydrogen-bond donors (Lipinski definition) is 2. The van der Waals surface area contributed by atoms with Crippen LogP contribution in [0.5, 0.6) is 0 Å². The Balaban J connectivity index is 1.24. The highest BCUT2D eigenvalue weighted by atomic mass is 32.1. The highest BCUT2D eigenvalue weighted by molar-refractivity contribution is 7.16. The van der Waals surface area contributed by atoms with E-state index in [9.17, 15) is 0 Å². The van der Waals surface area contributed by atoms with Gasteiger partial charge in [-0.25, -0.2) is 4.98 Å². The van der Waals surface area contributed by atoms with Gasteiger partial charge in [-0.2, -0.15) is 10.5 Å². The molecule has 1 saturated carbocycles. The zero-order valence-corrected chi connectivity index (χ0v) is 20.6. The molecule has 0 spiro atoms. The Kier molecular flexibility index (Phi) is 7.28. The van der Waals surface area contributed by atoms with Gasteiger partial charge in [0.05, 0.1) is 11.6 Å². The van der Waals surface area contributed by atoms with E-state index in [0.29, 0.717) is 23.7 Å². The minimum atomic E-state index is 0.342. The highest BCUT2D eigenvalue weighted by Gasteiger charge is 2.29. The second kappa shape index (κ2) is 10.9. The molecule has 3 heterocycles. The van der Waals surface area contributed by atoms with E-state index in [1.165, 1.54) is 42.7 Å². The molecule has 1 aliphatic carbocycles. The fourth-order valence-corrected chi connectivity index (χ4v) is 6.11. The fraction of sp³-hybridized carbons (Fsp3) is 0.393. The summed E-state index contributed by atoms with van der Waals surface area (Å²) in [6, 6.07) is 21.6. The van der Waals surface area contributed by atoms with Crippen LogP contribution in [0, 0.1) is 22.7 Å². The molecular weight excluding hydrogens is 452 g/mol. The van der Waals surface area contributed by atoms with Crippen LogP contribution in [0.4, 0.5) is 11.5 Å². The number of nitrogens with one attached hydrogen (secondary N) is 2. The predicted octanol–water partition coefficient (Wildman–Crippen LogP) is 5.54. The van der Waals surface area contributed by atoms with Crippen molar-refractivity contribution in [3.8, 4) is 22.6 Å². The molecule has 2 aromatic heterocycles. The van der Waals surface area contributed by atoms with Crippen LogP contribution in [0.25, 0.3) is 10.4 Å². The van der Waals surface area contributed by atoms with Crippen molar-refractivity contribution in [1.29, 1.82) is 10.5 Å². The molecule has 2 aliphatic rings. The first-order valence-corrected chi connectivity index (χ1v) is 13.3. The molecule has 6 nitrogen and oxygen atoms in total. The van der Waals surface area contributed by atoms with Crippen LogP contribution in [0.2, 0.25) is 0 Å². The van der Waals surface area contributed by atoms with E-state index in [0.717, 1.165) is 47.1 Å². The number of piperidine rings is 1. The average molecular weight is 483 g/mol. The molecule has 0 bridgehead atoms. The third-order valence-corrected chi connectivity index (χ3v) is 8.13. The summed E-state index contributed by atoms with van der Waals surface area (Å²) >= 11 is 1.52. The summed E-state index contributed by atoms with van der Waals surface area (Å²) in [5.74, 6) is 0.899. The van der Waals surface area contributed by atoms with Crippen LogP contribution in [0.1, 0.15) is 49.0 Å². The summed E-state index contributed by atoms with van der Waals surface area (Å²) in [6.07, 6.45) is 8.98. The number of thiophene rings is 1. The van der Waals surface area contributed by atoms with Crippen LogP contribution in [0.3, 0.4) is 0 Å². The zero-order chi connectivity index (χ0) is 24.0. The molecule has 7 heteroatoms. The lowest BCUT2D eigenvalue weighted by atomic mass is 9.89. The van der Waals surface area contributed by atoms with Gasteiger partial charge in [0.25, 0.3) is 0 Å². The van der Waals surface area contributed by atoms with Crippen molar-refractivity contribution in [3.05, 3.63) is 65.2 Å². The fourth-order valence-electron chi connectivity index (χ4n) is 5.31. The van der Waals surface area contributed by atoms with Crippen molar-refractivity contribution in [3.63, 3.8) is 0 Å². The number of benzene rings is 1. The zero-order valence-electron chi connectivity index (χ0n) is 19.8. The number of nitriles is 2. The summed E-state index contributed by atoms with van der Waals surface area (Å²) < 4.78 is 0. The Hall–Kier alpha value is -3.39. The van der Waals surface area contributed by atoms with Crippen molar-refractivity contribution in [2.75, 3.05) is 23.3 Å². The summed E-state index contributed by atoms with van der Waals surface area (Å²) in [6.45, 7) is 2.05. The molecule has 2 N–H and O–H groups in total. The van der Waals surface area contributed by atoms with Gasteiger partial charge in [0.2, 0.25) is 0 Å². The lowest BCUT2D eigenvalue weighted by molar-refractivity contribution is 0.293. The average Bonchev–Trinajstić information content (AvgIpc) is 3.40. The number of anilines is 2. The lowest BCUT2D eigenvalue weighted by Crippen LogP contribution is -2.54. The minimum absolute atomic E-state index is 0.342. The first kappa shape index (κ1) is 23.4. The van der Waals surface area contributed by atoms with Gasteiger partial charge < -0.3 is 15.5 Å². The maximum atomic E-state index is 9.15. The topological polar surface area (TPSA) is 87.8 Å². The van der Waals surface area contributed by atoms with Crippen molar-refractivity contribution in [2.24, 2.45) is 0 Å². The molecule has 2 fully saturated rings. The van der Waals surface area contributed by atoms with Crippen molar-refractivity contribution < 1.29 is 0 Å². The van der Waals surface area contributed by atoms with Crippen molar-refractivity contribution in [1.82, 2.24) is 10.3 Å². The molecule has 3 atom stereocenters. The first-order valence-electron chi connectivity index (χ1n) is 12.5. The number of hydrogen-bond acceptors (Lipinski definition) is 7. The predicted molar refractivity (Wildman–Crippen MR) is 141 cm³/mol. The van der Waals surface area contributed by atoms with E-state index in [1.807, 2.05) is 36.5 Å². The molecule has 3 aromatic rings. The number of aromatic nitrogens is 1. The van der Waals surface area contributed by atoms with E-state index in [1.54, 1.807) is 0 Å². The molecule has 0 amide bonds. The van der Waals surface area contributed by atoms with E-state index in [2.05, 4.69) is 50.9 Å². The van der Waals surface area contributed by atoms with Gasteiger partial charge in [0, 0.05) is 48.0 Å². The SMILES string of the molecule is N#Cc1ccc(N2CCC[C@H](N[C@@H]3CCCC[C@H]3Nc3cc(-c4ccc(C#N)s4)ccn3)C2)cc1. The minimum Gasteiger partial charge on any atom is -0.370 e. The second-order valence-corrected chi connectivity index (χ2v) is 10.5. The van der Waals surface area contributed by atoms with Crippen LogP contribution >= 0.6 is 11.3 Å². The Labute approximate surface area is 211 Å². The highest BCUT2D eigenvalue weighted by Crippen LogP contribution is 2.30. The van der Waals surface area contributed by atoms with Gasteiger partial charge in [-0.15, -0.1) is 11.3 Å². The third kappa shape index (κ3) is 5.65. The van der Waals surface area contributed by atoms with Gasteiger partial charge in [-0.3, -0.25) is 0 Å². The maximum absolute atomic E-state index is 9.15. The molecule has 1 aromatic carbocycles. The Bertz CT molecular complexity index is 1220. The summed E-state index contributed by atoms with van der Waals surface area (Å²) in [5, 5.41) is 26.0. The van der Waals surface area contributed by atoms with E-state index in [-0.39, 0.29) is 0 Å². The maximum Gasteiger partial charge on any atom is 0.126 e. The van der Waals surface area contributed by atoms with Crippen LogP contribution in [-0.2, 0) is 0 Å². The molecule has 0 radical (unpaired) electrons. The van der Waals surface area contributed by atoms with Gasteiger partial charge in [-0.1, -0.05) is 12.8 Å². The van der Waals surface area contributed by atoms with Gasteiger partial charge >= 0.3 is 0 Å². The standard InChI is InChI=1S/C28H30N6S/c29-17-20-7-9-23(10-8-20)34-15-3-4-22(19-34)32-25-5-1-2-6-26(25)33-28-16-21(13-14-31-28)27-12-11-24(18-30)35-27/h7-14,16,22,25-26,32H,1-6,15,19H2,(H,31,33)/t22-,25+,26+/m0/s1. The number of rotatable bonds is 6. The monoisotopic (exact) mass is 482 g/mol. The smallest absolute Gasteiger partial charge is 0.126 e. The summed E-state index contributed by atoms with van der Waals surface area (Å²) in [5.41, 5.74) is 3.00. The van der Waals surface area contributed by atoms with E-state index < -0.39 is 0 Å². The van der Waals surface area contributed by atoms with Gasteiger partial charge in [0.1, 0.15) is 16.8 Å². The van der Waals surface area contributed by atoms with Crippen molar-refractivity contribution >= 4 is 22.8 Å². The van der Waals surface area contributed by atoms with E-state index in [4.69, 9.17) is 10.5 Å². The Morgan fingerprint density at radius 3 is 2.51 bits per heavy atom. The van der Waals surface area contributed by atoms with Crippen LogP contribution in [0.15, 0.2) is 54.7 Å². The molecule has 35 heavy (non-hydrogen) atoms. The van der Waals surface area contributed by atoms with Crippen LogP contribution < -0.4 is 15.5 Å². The Morgan fingerprint density at radius 1 is 0.914 bits per heavy atom. The number of pyridine rings is 1. The lowest BCUT2D eigenvalue weighted by Gasteiger charge is -2.40. The van der Waals surface area contributed by atoms with Gasteiger partial charge in [-0.05, 0) is 79.8 Å². The second-order valence-electron chi connectivity index (χ2n) is 9.46. The third-order valence-electron chi connectivity index (χ3n) is 7.09. The molecule has 5 rings (SSSR count). The largest absolute Gasteiger partial charge is 0.370 e. The van der Waals surface area contributed by atoms with Gasteiger partial charge in [0.15, 0.2) is 0 Å². The van der Waals surface area contributed by atoms with Crippen LogP contribution in [-0.4, -0.2) is 36.2 Å². The molecular formula is C28H30N6S. The Morgan fingerprint density at radius 2 is 1.74 bits per heavy atom. The molecule has 1 saturated heterocycles. The number of nitrogens with zero attached hydrogens (tertiary/aromatic N) is 4. The molecule has 178 valence electrons. The summed E-state index contributed by atoms with van der Waals surface area (Å²) in [4.78, 5) is 8.86. The first-order chi connectivity index (χ1) is 17.2. The van der Waals surface area contributed by atoms with Crippen molar-refractivity contribution in [2.45, 2.75) is 56.7 Å². The molecule has 0 unspecified atom stereocenters. The quantitative estimate of drug-likeness (QED) is 0.480. The normalized spacial score (nSPS) is 22.2. The summed E-state index contributed by atoms with van der Waals surface area (Å²) in [7, 11) is 0.